The SMILES string of the molecule is CNc1ccc(-c2ccn(C(F)F)n2)cn1. The third-order valence-electron chi connectivity index (χ3n) is 2.12. The molecule has 16 heavy (non-hydrogen) atoms. The molecule has 0 bridgehead atoms. The van der Waals surface area contributed by atoms with Gasteiger partial charge < -0.3 is 5.32 Å². The summed E-state index contributed by atoms with van der Waals surface area (Å²) in [4.78, 5) is 4.08. The zero-order chi connectivity index (χ0) is 11.5. The average Bonchev–Trinajstić information content (AvgIpc) is 2.78. The Morgan fingerprint density at radius 2 is 2.12 bits per heavy atom. The van der Waals surface area contributed by atoms with Gasteiger partial charge in [0, 0.05) is 25.0 Å². The Morgan fingerprint density at radius 3 is 2.62 bits per heavy atom. The Labute approximate surface area is 90.9 Å². The molecule has 2 heterocycles. The van der Waals surface area contributed by atoms with E-state index in [-0.39, 0.29) is 0 Å². The Bertz CT molecular complexity index is 464. The fourth-order valence-corrected chi connectivity index (χ4v) is 1.29. The van der Waals surface area contributed by atoms with Gasteiger partial charge in [0.25, 0.3) is 0 Å². The van der Waals surface area contributed by atoms with Crippen LogP contribution in [0.25, 0.3) is 11.3 Å². The van der Waals surface area contributed by atoms with E-state index < -0.39 is 6.55 Å². The van der Waals surface area contributed by atoms with E-state index in [1.807, 2.05) is 0 Å². The number of anilines is 1. The summed E-state index contributed by atoms with van der Waals surface area (Å²) in [5.74, 6) is 0.719. The van der Waals surface area contributed by atoms with E-state index in [2.05, 4.69) is 15.4 Å². The lowest BCUT2D eigenvalue weighted by Gasteiger charge is -2.00. The molecule has 2 rings (SSSR count). The van der Waals surface area contributed by atoms with Crippen LogP contribution in [0.5, 0.6) is 0 Å². The summed E-state index contributed by atoms with van der Waals surface area (Å²) < 4.78 is 25.2. The van der Waals surface area contributed by atoms with E-state index in [0.29, 0.717) is 15.9 Å². The molecule has 1 N–H and O–H groups in total. The summed E-state index contributed by atoms with van der Waals surface area (Å²) in [6.45, 7) is -2.61. The zero-order valence-electron chi connectivity index (χ0n) is 8.56. The number of aromatic nitrogens is 3. The first-order valence-electron chi connectivity index (χ1n) is 4.68. The van der Waals surface area contributed by atoms with E-state index in [4.69, 9.17) is 0 Å². The minimum Gasteiger partial charge on any atom is -0.373 e. The molecule has 2 aromatic rings. The van der Waals surface area contributed by atoms with Gasteiger partial charge in [-0.1, -0.05) is 0 Å². The number of halogens is 2. The maximum absolute atomic E-state index is 12.3. The maximum Gasteiger partial charge on any atom is 0.333 e. The van der Waals surface area contributed by atoms with Gasteiger partial charge in [0.05, 0.1) is 5.69 Å². The number of hydrogen-bond acceptors (Lipinski definition) is 3. The normalized spacial score (nSPS) is 10.8. The highest BCUT2D eigenvalue weighted by Crippen LogP contribution is 2.19. The minimum atomic E-state index is -2.61. The number of nitrogens with zero attached hydrogens (tertiary/aromatic N) is 3. The summed E-state index contributed by atoms with van der Waals surface area (Å²) in [5.41, 5.74) is 1.19. The highest BCUT2D eigenvalue weighted by atomic mass is 19.3. The van der Waals surface area contributed by atoms with Gasteiger partial charge in [-0.2, -0.15) is 13.9 Å². The molecule has 6 heteroatoms. The lowest BCUT2D eigenvalue weighted by molar-refractivity contribution is 0.0568. The van der Waals surface area contributed by atoms with Gasteiger partial charge in [0.15, 0.2) is 0 Å². The highest BCUT2D eigenvalue weighted by Gasteiger charge is 2.08. The largest absolute Gasteiger partial charge is 0.373 e. The van der Waals surface area contributed by atoms with Crippen molar-refractivity contribution in [2.75, 3.05) is 12.4 Å². The van der Waals surface area contributed by atoms with Crippen LogP contribution in [0.1, 0.15) is 6.55 Å². The first-order valence-corrected chi connectivity index (χ1v) is 4.68. The van der Waals surface area contributed by atoms with Crippen molar-refractivity contribution < 1.29 is 8.78 Å². The third-order valence-corrected chi connectivity index (χ3v) is 2.12. The molecular weight excluding hydrogens is 214 g/mol. The van der Waals surface area contributed by atoms with Gasteiger partial charge in [-0.25, -0.2) is 9.67 Å². The quantitative estimate of drug-likeness (QED) is 0.870. The standard InChI is InChI=1S/C10H10F2N4/c1-13-9-3-2-7(6-14-9)8-4-5-16(15-8)10(11)12/h2-6,10H,1H3,(H,13,14). The molecule has 2 aromatic heterocycles. The summed E-state index contributed by atoms with van der Waals surface area (Å²) in [5, 5.41) is 6.61. The molecular formula is C10H10F2N4. The fourth-order valence-electron chi connectivity index (χ4n) is 1.29. The smallest absolute Gasteiger partial charge is 0.333 e. The number of alkyl halides is 2. The van der Waals surface area contributed by atoms with E-state index in [0.717, 1.165) is 5.82 Å². The lowest BCUT2D eigenvalue weighted by atomic mass is 10.2. The summed E-state index contributed by atoms with van der Waals surface area (Å²) in [7, 11) is 1.76. The molecule has 0 radical (unpaired) electrons. The van der Waals surface area contributed by atoms with Gasteiger partial charge in [-0.05, 0) is 18.2 Å². The van der Waals surface area contributed by atoms with Gasteiger partial charge >= 0.3 is 6.55 Å². The molecule has 0 saturated carbocycles. The topological polar surface area (TPSA) is 42.7 Å². The zero-order valence-corrected chi connectivity index (χ0v) is 8.56. The second kappa shape index (κ2) is 4.26. The molecule has 0 spiro atoms. The van der Waals surface area contributed by atoms with Gasteiger partial charge in [-0.3, -0.25) is 0 Å². The van der Waals surface area contributed by atoms with E-state index >= 15 is 0 Å². The lowest BCUT2D eigenvalue weighted by Crippen LogP contribution is -1.98. The van der Waals surface area contributed by atoms with Gasteiger partial charge in [-0.15, -0.1) is 0 Å². The Morgan fingerprint density at radius 1 is 1.31 bits per heavy atom. The predicted molar refractivity (Wildman–Crippen MR) is 56.3 cm³/mol. The van der Waals surface area contributed by atoms with Crippen molar-refractivity contribution in [3.8, 4) is 11.3 Å². The van der Waals surface area contributed by atoms with Crippen molar-refractivity contribution in [1.29, 1.82) is 0 Å². The predicted octanol–water partition coefficient (Wildman–Crippen LogP) is 2.38. The van der Waals surface area contributed by atoms with Crippen LogP contribution in [0.2, 0.25) is 0 Å². The van der Waals surface area contributed by atoms with Crippen LogP contribution in [0.4, 0.5) is 14.6 Å². The van der Waals surface area contributed by atoms with Gasteiger partial charge in [0.2, 0.25) is 0 Å². The second-order valence-electron chi connectivity index (χ2n) is 3.14. The first-order chi connectivity index (χ1) is 7.70. The fraction of sp³-hybridized carbons (Fsp3) is 0.200. The highest BCUT2D eigenvalue weighted by molar-refractivity contribution is 5.59. The molecule has 4 nitrogen and oxygen atoms in total. The van der Waals surface area contributed by atoms with Gasteiger partial charge in [0.1, 0.15) is 5.82 Å². The van der Waals surface area contributed by atoms with Crippen molar-refractivity contribution in [3.63, 3.8) is 0 Å². The Balaban J connectivity index is 2.28. The van der Waals surface area contributed by atoms with Crippen molar-refractivity contribution >= 4 is 5.82 Å². The maximum atomic E-state index is 12.3. The third kappa shape index (κ3) is 2.00. The van der Waals surface area contributed by atoms with Crippen LogP contribution >= 0.6 is 0 Å². The van der Waals surface area contributed by atoms with Crippen LogP contribution in [-0.2, 0) is 0 Å². The van der Waals surface area contributed by atoms with Crippen LogP contribution < -0.4 is 5.32 Å². The molecule has 0 aromatic carbocycles. The molecule has 0 atom stereocenters. The van der Waals surface area contributed by atoms with Crippen molar-refractivity contribution in [1.82, 2.24) is 14.8 Å². The molecule has 0 aliphatic rings. The number of rotatable bonds is 3. The molecule has 84 valence electrons. The second-order valence-corrected chi connectivity index (χ2v) is 3.14. The first kappa shape index (κ1) is 10.5. The van der Waals surface area contributed by atoms with E-state index in [1.165, 1.54) is 12.3 Å². The average molecular weight is 224 g/mol. The van der Waals surface area contributed by atoms with Crippen molar-refractivity contribution in [2.24, 2.45) is 0 Å². The van der Waals surface area contributed by atoms with Crippen LogP contribution in [0.15, 0.2) is 30.6 Å². The van der Waals surface area contributed by atoms with E-state index in [9.17, 15) is 8.78 Å². The number of pyridine rings is 1. The van der Waals surface area contributed by atoms with Crippen LogP contribution in [0, 0.1) is 0 Å². The molecule has 0 saturated heterocycles. The van der Waals surface area contributed by atoms with Crippen molar-refractivity contribution in [3.05, 3.63) is 30.6 Å². The summed E-state index contributed by atoms with van der Waals surface area (Å²) >= 11 is 0. The van der Waals surface area contributed by atoms with Crippen LogP contribution in [-0.4, -0.2) is 21.8 Å². The summed E-state index contributed by atoms with van der Waals surface area (Å²) in [6.07, 6.45) is 2.83. The van der Waals surface area contributed by atoms with Crippen molar-refractivity contribution in [2.45, 2.75) is 6.55 Å². The van der Waals surface area contributed by atoms with E-state index in [1.54, 1.807) is 25.4 Å². The number of hydrogen-bond donors (Lipinski definition) is 1. The Hall–Kier alpha value is -1.98. The molecule has 0 amide bonds. The molecule has 0 aliphatic heterocycles. The monoisotopic (exact) mass is 224 g/mol. The molecule has 0 fully saturated rings. The Kier molecular flexibility index (Phi) is 2.80. The summed E-state index contributed by atoms with van der Waals surface area (Å²) in [6, 6.07) is 5.07. The number of nitrogens with one attached hydrogen (secondary N) is 1. The van der Waals surface area contributed by atoms with Crippen LogP contribution in [0.3, 0.4) is 0 Å². The molecule has 0 unspecified atom stereocenters. The minimum absolute atomic E-state index is 0.482. The molecule has 0 aliphatic carbocycles.